The molecule has 0 fully saturated rings. The summed E-state index contributed by atoms with van der Waals surface area (Å²) >= 11 is 0. The van der Waals surface area contributed by atoms with E-state index >= 15 is 0 Å². The van der Waals surface area contributed by atoms with Crippen LogP contribution in [-0.4, -0.2) is 26.0 Å². The highest BCUT2D eigenvalue weighted by atomic mass is 16.5. The fourth-order valence-electron chi connectivity index (χ4n) is 2.70. The predicted octanol–water partition coefficient (Wildman–Crippen LogP) is 5.27. The number of hydrogen-bond donors (Lipinski definition) is 2. The van der Waals surface area contributed by atoms with Gasteiger partial charge in [0.2, 0.25) is 0 Å². The molecule has 4 nitrogen and oxygen atoms in total. The molecule has 2 rings (SSSR count). The van der Waals surface area contributed by atoms with Crippen LogP contribution in [0.3, 0.4) is 0 Å². The zero-order valence-corrected chi connectivity index (χ0v) is 16.6. The lowest BCUT2D eigenvalue weighted by molar-refractivity contribution is 0.0915. The Morgan fingerprint density at radius 1 is 0.962 bits per heavy atom. The third kappa shape index (κ3) is 5.95. The number of nitrogens with one attached hydrogen (secondary N) is 2. The number of ether oxygens (including phenoxy) is 2. The van der Waals surface area contributed by atoms with Gasteiger partial charge >= 0.3 is 0 Å². The Bertz CT molecular complexity index is 680. The minimum atomic E-state index is -0.153. The zero-order chi connectivity index (χ0) is 19.0. The van der Waals surface area contributed by atoms with Gasteiger partial charge in [0.25, 0.3) is 0 Å². The minimum Gasteiger partial charge on any atom is -0.492 e. The number of hydrogen-bond acceptors (Lipinski definition) is 4. The first-order valence-electron chi connectivity index (χ1n) is 9.38. The molecule has 0 aliphatic heterocycles. The van der Waals surface area contributed by atoms with Crippen molar-refractivity contribution in [3.8, 4) is 5.75 Å². The summed E-state index contributed by atoms with van der Waals surface area (Å²) in [4.78, 5) is 0. The van der Waals surface area contributed by atoms with Crippen molar-refractivity contribution in [2.45, 2.75) is 46.3 Å². The zero-order valence-electron chi connectivity index (χ0n) is 16.6. The van der Waals surface area contributed by atoms with E-state index in [1.54, 1.807) is 0 Å². The van der Waals surface area contributed by atoms with Crippen molar-refractivity contribution in [2.24, 2.45) is 0 Å². The molecule has 0 aliphatic carbocycles. The number of anilines is 2. The van der Waals surface area contributed by atoms with E-state index in [4.69, 9.17) is 9.47 Å². The van der Waals surface area contributed by atoms with Gasteiger partial charge in [-0.25, -0.2) is 0 Å². The van der Waals surface area contributed by atoms with Crippen LogP contribution in [0.4, 0.5) is 11.4 Å². The van der Waals surface area contributed by atoms with E-state index in [0.717, 1.165) is 17.1 Å². The fraction of sp³-hybridized carbons (Fsp3) is 0.455. The van der Waals surface area contributed by atoms with E-state index in [1.165, 1.54) is 5.56 Å². The quantitative estimate of drug-likeness (QED) is 0.601. The molecule has 1 unspecified atom stereocenters. The van der Waals surface area contributed by atoms with Gasteiger partial charge in [0.15, 0.2) is 0 Å². The summed E-state index contributed by atoms with van der Waals surface area (Å²) in [7, 11) is 0. The monoisotopic (exact) mass is 356 g/mol. The van der Waals surface area contributed by atoms with Crippen LogP contribution < -0.4 is 15.4 Å². The van der Waals surface area contributed by atoms with Crippen LogP contribution in [0.15, 0.2) is 48.5 Å². The van der Waals surface area contributed by atoms with Crippen molar-refractivity contribution in [3.63, 3.8) is 0 Å². The molecule has 0 saturated carbocycles. The standard InChI is InChI=1S/C22H32N2O2/c1-6-25-20-14-9-8-13-19(20)24-21(26-7-2)16-23-18-12-10-11-17(15-18)22(3,4)5/h8-15,21,23-24H,6-7,16H2,1-5H3. The Kier molecular flexibility index (Phi) is 7.34. The Hall–Kier alpha value is -2.20. The maximum atomic E-state index is 5.87. The maximum absolute atomic E-state index is 5.87. The molecule has 142 valence electrons. The number of para-hydroxylation sites is 2. The third-order valence-electron chi connectivity index (χ3n) is 4.09. The Morgan fingerprint density at radius 3 is 2.42 bits per heavy atom. The van der Waals surface area contributed by atoms with E-state index in [1.807, 2.05) is 38.1 Å². The number of rotatable bonds is 9. The predicted molar refractivity (Wildman–Crippen MR) is 110 cm³/mol. The summed E-state index contributed by atoms with van der Waals surface area (Å²) in [5.74, 6) is 0.842. The molecule has 0 radical (unpaired) electrons. The largest absolute Gasteiger partial charge is 0.492 e. The van der Waals surface area contributed by atoms with Gasteiger partial charge in [-0.05, 0) is 49.1 Å². The second-order valence-corrected chi connectivity index (χ2v) is 7.23. The summed E-state index contributed by atoms with van der Waals surface area (Å²) in [6, 6.07) is 16.5. The molecular weight excluding hydrogens is 324 g/mol. The summed E-state index contributed by atoms with van der Waals surface area (Å²) in [5.41, 5.74) is 3.48. The average Bonchev–Trinajstić information content (AvgIpc) is 2.61. The van der Waals surface area contributed by atoms with Crippen LogP contribution in [0.5, 0.6) is 5.75 Å². The minimum absolute atomic E-state index is 0.131. The lowest BCUT2D eigenvalue weighted by Gasteiger charge is -2.23. The smallest absolute Gasteiger partial charge is 0.145 e. The van der Waals surface area contributed by atoms with Gasteiger partial charge in [0.05, 0.1) is 18.8 Å². The highest BCUT2D eigenvalue weighted by Crippen LogP contribution is 2.26. The first kappa shape index (κ1) is 20.1. The topological polar surface area (TPSA) is 42.5 Å². The molecular formula is C22H32N2O2. The second kappa shape index (κ2) is 9.48. The van der Waals surface area contributed by atoms with Gasteiger partial charge in [-0.2, -0.15) is 0 Å². The van der Waals surface area contributed by atoms with Crippen molar-refractivity contribution in [1.82, 2.24) is 0 Å². The molecule has 0 spiro atoms. The Morgan fingerprint density at radius 2 is 1.73 bits per heavy atom. The van der Waals surface area contributed by atoms with Crippen LogP contribution in [0.1, 0.15) is 40.2 Å². The Balaban J connectivity index is 2.05. The van der Waals surface area contributed by atoms with Crippen molar-refractivity contribution < 1.29 is 9.47 Å². The SMILES string of the molecule is CCOc1ccccc1NC(CNc1cccc(C(C)(C)C)c1)OCC. The van der Waals surface area contributed by atoms with Gasteiger partial charge in [0.1, 0.15) is 12.0 Å². The van der Waals surface area contributed by atoms with Gasteiger partial charge in [-0.3, -0.25) is 0 Å². The highest BCUT2D eigenvalue weighted by Gasteiger charge is 2.15. The van der Waals surface area contributed by atoms with Crippen molar-refractivity contribution in [1.29, 1.82) is 0 Å². The van der Waals surface area contributed by atoms with E-state index in [2.05, 4.69) is 55.7 Å². The molecule has 0 saturated heterocycles. The van der Waals surface area contributed by atoms with E-state index in [-0.39, 0.29) is 11.6 Å². The molecule has 2 aromatic rings. The van der Waals surface area contributed by atoms with Gasteiger partial charge < -0.3 is 20.1 Å². The summed E-state index contributed by atoms with van der Waals surface area (Å²) in [5, 5.41) is 6.92. The molecule has 26 heavy (non-hydrogen) atoms. The normalized spacial score (nSPS) is 12.5. The van der Waals surface area contributed by atoms with Crippen LogP contribution in [0.2, 0.25) is 0 Å². The van der Waals surface area contributed by atoms with Crippen molar-refractivity contribution in [2.75, 3.05) is 30.4 Å². The van der Waals surface area contributed by atoms with E-state index in [9.17, 15) is 0 Å². The third-order valence-corrected chi connectivity index (χ3v) is 4.09. The molecule has 0 bridgehead atoms. The van der Waals surface area contributed by atoms with Gasteiger partial charge in [-0.1, -0.05) is 45.0 Å². The molecule has 2 aromatic carbocycles. The first-order chi connectivity index (χ1) is 12.4. The van der Waals surface area contributed by atoms with Crippen molar-refractivity contribution >= 4 is 11.4 Å². The van der Waals surface area contributed by atoms with Crippen molar-refractivity contribution in [3.05, 3.63) is 54.1 Å². The lowest BCUT2D eigenvalue weighted by atomic mass is 9.87. The molecule has 2 N–H and O–H groups in total. The van der Waals surface area contributed by atoms with Crippen LogP contribution >= 0.6 is 0 Å². The highest BCUT2D eigenvalue weighted by molar-refractivity contribution is 5.57. The summed E-state index contributed by atoms with van der Waals surface area (Å²) in [6.07, 6.45) is -0.153. The summed E-state index contributed by atoms with van der Waals surface area (Å²) in [6.45, 7) is 12.6. The molecule has 4 heteroatoms. The maximum Gasteiger partial charge on any atom is 0.145 e. The number of benzene rings is 2. The second-order valence-electron chi connectivity index (χ2n) is 7.23. The molecule has 0 heterocycles. The first-order valence-corrected chi connectivity index (χ1v) is 9.38. The van der Waals surface area contributed by atoms with Crippen LogP contribution in [0.25, 0.3) is 0 Å². The van der Waals surface area contributed by atoms with Crippen LogP contribution in [0, 0.1) is 0 Å². The molecule has 1 atom stereocenters. The van der Waals surface area contributed by atoms with E-state index in [0.29, 0.717) is 19.8 Å². The lowest BCUT2D eigenvalue weighted by Crippen LogP contribution is -2.31. The molecule has 0 aliphatic rings. The van der Waals surface area contributed by atoms with Crippen LogP contribution in [-0.2, 0) is 10.2 Å². The van der Waals surface area contributed by atoms with Gasteiger partial charge in [-0.15, -0.1) is 0 Å². The average molecular weight is 357 g/mol. The fourth-order valence-corrected chi connectivity index (χ4v) is 2.70. The summed E-state index contributed by atoms with van der Waals surface area (Å²) < 4.78 is 11.6. The molecule has 0 amide bonds. The molecule has 0 aromatic heterocycles. The Labute approximate surface area is 157 Å². The van der Waals surface area contributed by atoms with E-state index < -0.39 is 0 Å². The van der Waals surface area contributed by atoms with Gasteiger partial charge in [0, 0.05) is 12.3 Å².